The van der Waals surface area contributed by atoms with Crippen molar-refractivity contribution >= 4 is 21.6 Å². The van der Waals surface area contributed by atoms with Crippen LogP contribution in [0.2, 0.25) is 5.02 Å². The Hall–Kier alpha value is -0.620. The van der Waals surface area contributed by atoms with Gasteiger partial charge in [-0.3, -0.25) is 0 Å². The smallest absolute Gasteiger partial charge is 0.242 e. The van der Waals surface area contributed by atoms with E-state index < -0.39 is 10.0 Å². The summed E-state index contributed by atoms with van der Waals surface area (Å²) in [5.41, 5.74) is 0.887. The Morgan fingerprint density at radius 2 is 1.86 bits per heavy atom. The summed E-state index contributed by atoms with van der Waals surface area (Å²) < 4.78 is 27.8. The third-order valence-electron chi connectivity index (χ3n) is 3.76. The van der Waals surface area contributed by atoms with Crippen LogP contribution in [-0.4, -0.2) is 21.5 Å². The third kappa shape index (κ3) is 4.95. The molecule has 2 N–H and O–H groups in total. The molecule has 4 nitrogen and oxygen atoms in total. The molecule has 1 unspecified atom stereocenters. The van der Waals surface area contributed by atoms with Crippen LogP contribution < -0.4 is 10.0 Å². The quantitative estimate of drug-likeness (QED) is 0.768. The van der Waals surface area contributed by atoms with Gasteiger partial charge in [0.2, 0.25) is 10.0 Å². The van der Waals surface area contributed by atoms with Crippen molar-refractivity contribution in [2.45, 2.75) is 51.1 Å². The van der Waals surface area contributed by atoms with Gasteiger partial charge in [0.25, 0.3) is 0 Å². The summed E-state index contributed by atoms with van der Waals surface area (Å²) in [5.74, 6) is 0.319. The Morgan fingerprint density at radius 3 is 2.38 bits per heavy atom. The molecule has 0 spiro atoms. The van der Waals surface area contributed by atoms with Gasteiger partial charge in [0.15, 0.2) is 0 Å². The molecule has 0 saturated carbocycles. The van der Waals surface area contributed by atoms with Gasteiger partial charge in [-0.2, -0.15) is 0 Å². The summed E-state index contributed by atoms with van der Waals surface area (Å²) in [4.78, 5) is 0.148. The lowest BCUT2D eigenvalue weighted by molar-refractivity contribution is 0.391. The molecule has 0 fully saturated rings. The molecule has 21 heavy (non-hydrogen) atoms. The van der Waals surface area contributed by atoms with E-state index in [1.165, 1.54) is 0 Å². The van der Waals surface area contributed by atoms with Gasteiger partial charge in [0, 0.05) is 12.6 Å². The van der Waals surface area contributed by atoms with Crippen molar-refractivity contribution in [2.75, 3.05) is 7.05 Å². The average molecular weight is 333 g/mol. The van der Waals surface area contributed by atoms with Crippen LogP contribution >= 0.6 is 11.6 Å². The van der Waals surface area contributed by atoms with Crippen molar-refractivity contribution in [1.29, 1.82) is 0 Å². The van der Waals surface area contributed by atoms with Crippen LogP contribution in [0.5, 0.6) is 0 Å². The normalized spacial score (nSPS) is 13.6. The van der Waals surface area contributed by atoms with Crippen LogP contribution in [-0.2, 0) is 16.6 Å². The molecule has 0 radical (unpaired) electrons. The van der Waals surface area contributed by atoms with Gasteiger partial charge in [0.1, 0.15) is 4.90 Å². The fourth-order valence-electron chi connectivity index (χ4n) is 2.47. The minimum Gasteiger partial charge on any atom is -0.316 e. The topological polar surface area (TPSA) is 58.2 Å². The summed E-state index contributed by atoms with van der Waals surface area (Å²) in [6.45, 7) is 6.64. The third-order valence-corrected chi connectivity index (χ3v) is 5.80. The second kappa shape index (κ2) is 8.13. The van der Waals surface area contributed by atoms with Crippen LogP contribution in [0.1, 0.15) is 39.2 Å². The van der Waals surface area contributed by atoms with Crippen molar-refractivity contribution in [3.8, 4) is 0 Å². The van der Waals surface area contributed by atoms with E-state index in [9.17, 15) is 8.42 Å². The fourth-order valence-corrected chi connectivity index (χ4v) is 4.33. The Balaban J connectivity index is 3.04. The largest absolute Gasteiger partial charge is 0.316 e. The van der Waals surface area contributed by atoms with Gasteiger partial charge >= 0.3 is 0 Å². The maximum Gasteiger partial charge on any atom is 0.242 e. The SMILES string of the molecule is CCC(CC)C(C)NS(=O)(=O)c1cc(CNC)ccc1Cl. The van der Waals surface area contributed by atoms with Crippen molar-refractivity contribution in [1.82, 2.24) is 10.0 Å². The molecule has 6 heteroatoms. The first-order valence-electron chi connectivity index (χ1n) is 7.31. The predicted octanol–water partition coefficient (Wildman–Crippen LogP) is 3.16. The maximum absolute atomic E-state index is 12.5. The Kier molecular flexibility index (Phi) is 7.13. The summed E-state index contributed by atoms with van der Waals surface area (Å²) in [6.07, 6.45) is 1.88. The van der Waals surface area contributed by atoms with E-state index in [4.69, 9.17) is 11.6 Å². The molecule has 0 aliphatic carbocycles. The second-order valence-corrected chi connectivity index (χ2v) is 7.37. The van der Waals surface area contributed by atoms with E-state index in [1.807, 2.05) is 20.0 Å². The van der Waals surface area contributed by atoms with Crippen LogP contribution in [0.15, 0.2) is 23.1 Å². The minimum atomic E-state index is -3.61. The number of nitrogens with one attached hydrogen (secondary N) is 2. The average Bonchev–Trinajstić information content (AvgIpc) is 2.42. The van der Waals surface area contributed by atoms with Gasteiger partial charge in [-0.1, -0.05) is 44.4 Å². The highest BCUT2D eigenvalue weighted by atomic mass is 35.5. The highest BCUT2D eigenvalue weighted by molar-refractivity contribution is 7.89. The zero-order valence-electron chi connectivity index (χ0n) is 13.1. The molecule has 1 aromatic carbocycles. The van der Waals surface area contributed by atoms with Crippen molar-refractivity contribution < 1.29 is 8.42 Å². The van der Waals surface area contributed by atoms with Crippen LogP contribution in [0.4, 0.5) is 0 Å². The Labute approximate surface area is 133 Å². The molecular formula is C15H25ClN2O2S. The van der Waals surface area contributed by atoms with E-state index in [0.29, 0.717) is 12.5 Å². The number of rotatable bonds is 8. The van der Waals surface area contributed by atoms with E-state index in [2.05, 4.69) is 23.9 Å². The van der Waals surface area contributed by atoms with Crippen molar-refractivity contribution in [3.05, 3.63) is 28.8 Å². The van der Waals surface area contributed by atoms with E-state index in [-0.39, 0.29) is 16.0 Å². The van der Waals surface area contributed by atoms with Gasteiger partial charge in [-0.25, -0.2) is 13.1 Å². The molecule has 0 bridgehead atoms. The van der Waals surface area contributed by atoms with Crippen molar-refractivity contribution in [2.24, 2.45) is 5.92 Å². The molecule has 0 heterocycles. The number of hydrogen-bond donors (Lipinski definition) is 2. The Morgan fingerprint density at radius 1 is 1.24 bits per heavy atom. The molecule has 0 aromatic heterocycles. The molecule has 0 aliphatic heterocycles. The molecule has 0 saturated heterocycles. The molecule has 1 aromatic rings. The molecular weight excluding hydrogens is 308 g/mol. The van der Waals surface area contributed by atoms with Gasteiger partial charge in [0.05, 0.1) is 5.02 Å². The van der Waals surface area contributed by atoms with Crippen molar-refractivity contribution in [3.63, 3.8) is 0 Å². The summed E-state index contributed by atoms with van der Waals surface area (Å²) >= 11 is 6.07. The monoisotopic (exact) mass is 332 g/mol. The molecule has 1 rings (SSSR count). The van der Waals surface area contributed by atoms with Crippen LogP contribution in [0.3, 0.4) is 0 Å². The fraction of sp³-hybridized carbons (Fsp3) is 0.600. The maximum atomic E-state index is 12.5. The van der Waals surface area contributed by atoms with Gasteiger partial charge < -0.3 is 5.32 Å². The number of halogens is 1. The predicted molar refractivity (Wildman–Crippen MR) is 88.1 cm³/mol. The molecule has 0 amide bonds. The number of benzene rings is 1. The van der Waals surface area contributed by atoms with Crippen LogP contribution in [0.25, 0.3) is 0 Å². The van der Waals surface area contributed by atoms with Gasteiger partial charge in [-0.15, -0.1) is 0 Å². The molecule has 120 valence electrons. The first kappa shape index (κ1) is 18.4. The molecule has 1 atom stereocenters. The standard InChI is InChI=1S/C15H25ClN2O2S/c1-5-13(6-2)11(3)18-21(19,20)15-9-12(10-17-4)7-8-14(15)16/h7-9,11,13,17-18H,5-6,10H2,1-4H3. The van der Waals surface area contributed by atoms with Gasteiger partial charge in [-0.05, 0) is 37.6 Å². The van der Waals surface area contributed by atoms with E-state index >= 15 is 0 Å². The summed E-state index contributed by atoms with van der Waals surface area (Å²) in [6, 6.07) is 4.96. The summed E-state index contributed by atoms with van der Waals surface area (Å²) in [7, 11) is -1.79. The first-order valence-corrected chi connectivity index (χ1v) is 9.17. The second-order valence-electron chi connectivity index (χ2n) is 5.28. The van der Waals surface area contributed by atoms with Crippen LogP contribution in [0, 0.1) is 5.92 Å². The van der Waals surface area contributed by atoms with E-state index in [1.54, 1.807) is 12.1 Å². The molecule has 0 aliphatic rings. The lowest BCUT2D eigenvalue weighted by Crippen LogP contribution is -2.37. The lowest BCUT2D eigenvalue weighted by Gasteiger charge is -2.22. The minimum absolute atomic E-state index is 0.117. The number of hydrogen-bond acceptors (Lipinski definition) is 3. The number of sulfonamides is 1. The van der Waals surface area contributed by atoms with E-state index in [0.717, 1.165) is 18.4 Å². The zero-order chi connectivity index (χ0) is 16.0. The zero-order valence-corrected chi connectivity index (χ0v) is 14.7. The highest BCUT2D eigenvalue weighted by Gasteiger charge is 2.24. The summed E-state index contributed by atoms with van der Waals surface area (Å²) in [5, 5.41) is 3.25. The highest BCUT2D eigenvalue weighted by Crippen LogP contribution is 2.24. The Bertz CT molecular complexity index is 557. The lowest BCUT2D eigenvalue weighted by atomic mass is 9.96. The first-order chi connectivity index (χ1) is 9.85.